The lowest BCUT2D eigenvalue weighted by atomic mass is 10.1. The Morgan fingerprint density at radius 2 is 2.00 bits per heavy atom. The highest BCUT2D eigenvalue weighted by molar-refractivity contribution is 8.27. The molecule has 2 aromatic carbocycles. The summed E-state index contributed by atoms with van der Waals surface area (Å²) in [6, 6.07) is 12.0. The van der Waals surface area contributed by atoms with Gasteiger partial charge in [-0.15, -0.1) is 0 Å². The van der Waals surface area contributed by atoms with E-state index in [0.29, 0.717) is 32.8 Å². The van der Waals surface area contributed by atoms with Gasteiger partial charge in [0.25, 0.3) is 5.91 Å². The van der Waals surface area contributed by atoms with Crippen LogP contribution in [0.25, 0.3) is 6.08 Å². The second kappa shape index (κ2) is 8.41. The predicted molar refractivity (Wildman–Crippen MR) is 113 cm³/mol. The van der Waals surface area contributed by atoms with Gasteiger partial charge in [-0.1, -0.05) is 54.8 Å². The van der Waals surface area contributed by atoms with E-state index in [-0.39, 0.29) is 11.5 Å². The molecule has 0 spiro atoms. The van der Waals surface area contributed by atoms with Crippen LogP contribution in [0.15, 0.2) is 60.0 Å². The Morgan fingerprint density at radius 3 is 2.64 bits per heavy atom. The molecule has 1 heterocycles. The Kier molecular flexibility index (Phi) is 5.96. The van der Waals surface area contributed by atoms with E-state index in [9.17, 15) is 14.7 Å². The van der Waals surface area contributed by atoms with Gasteiger partial charge in [-0.3, -0.25) is 9.69 Å². The molecule has 1 aliphatic rings. The fourth-order valence-electron chi connectivity index (χ4n) is 2.63. The van der Waals surface area contributed by atoms with Crippen molar-refractivity contribution < 1.29 is 19.4 Å². The highest BCUT2D eigenvalue weighted by Crippen LogP contribution is 2.36. The molecular weight excluding hydrogens is 394 g/mol. The molecule has 1 aliphatic heterocycles. The number of benzene rings is 2. The lowest BCUT2D eigenvalue weighted by molar-refractivity contribution is -0.255. The van der Waals surface area contributed by atoms with E-state index in [1.54, 1.807) is 31.2 Å². The van der Waals surface area contributed by atoms with E-state index >= 15 is 0 Å². The summed E-state index contributed by atoms with van der Waals surface area (Å²) in [7, 11) is 0. The molecule has 0 bridgehead atoms. The van der Waals surface area contributed by atoms with Gasteiger partial charge in [0.15, 0.2) is 4.32 Å². The van der Waals surface area contributed by atoms with Gasteiger partial charge >= 0.3 is 0 Å². The molecule has 0 radical (unpaired) electrons. The maximum absolute atomic E-state index is 12.8. The topological polar surface area (TPSA) is 69.7 Å². The summed E-state index contributed by atoms with van der Waals surface area (Å²) in [5.74, 6) is -0.881. The molecule has 5 nitrogen and oxygen atoms in total. The monoisotopic (exact) mass is 410 g/mol. The molecule has 2 aromatic rings. The zero-order chi connectivity index (χ0) is 20.3. The number of nitrogens with zero attached hydrogens (tertiary/aromatic N) is 1. The molecule has 0 saturated carbocycles. The Bertz CT molecular complexity index is 996. The van der Waals surface area contributed by atoms with Crippen molar-refractivity contribution in [3.05, 3.63) is 76.7 Å². The molecule has 0 aromatic heterocycles. The van der Waals surface area contributed by atoms with Crippen LogP contribution in [0.1, 0.15) is 21.5 Å². The average Bonchev–Trinajstić information content (AvgIpc) is 2.95. The molecule has 0 unspecified atom stereocenters. The molecule has 3 rings (SSSR count). The van der Waals surface area contributed by atoms with E-state index in [4.69, 9.17) is 17.0 Å². The van der Waals surface area contributed by atoms with Gasteiger partial charge in [-0.05, 0) is 48.4 Å². The van der Waals surface area contributed by atoms with Crippen molar-refractivity contribution in [3.63, 3.8) is 0 Å². The first kappa shape index (κ1) is 19.9. The smallest absolute Gasteiger partial charge is 0.270 e. The number of carbonyl (C=O) groups is 2. The van der Waals surface area contributed by atoms with Crippen LogP contribution in [-0.2, 0) is 4.79 Å². The number of amides is 1. The highest BCUT2D eigenvalue weighted by atomic mass is 32.2. The van der Waals surface area contributed by atoms with Gasteiger partial charge in [0.2, 0.25) is 0 Å². The molecule has 1 fully saturated rings. The van der Waals surface area contributed by atoms with Crippen LogP contribution in [0.3, 0.4) is 0 Å². The van der Waals surface area contributed by atoms with Crippen LogP contribution in [0.2, 0.25) is 0 Å². The molecule has 0 N–H and O–H groups in total. The summed E-state index contributed by atoms with van der Waals surface area (Å²) in [5.41, 5.74) is 1.82. The Morgan fingerprint density at radius 1 is 1.29 bits per heavy atom. The van der Waals surface area contributed by atoms with Crippen molar-refractivity contribution in [1.29, 1.82) is 0 Å². The number of rotatable bonds is 6. The largest absolute Gasteiger partial charge is 0.545 e. The summed E-state index contributed by atoms with van der Waals surface area (Å²) in [6.07, 6.45) is 3.40. The van der Waals surface area contributed by atoms with E-state index in [0.717, 1.165) is 5.56 Å². The third-order valence-corrected chi connectivity index (χ3v) is 5.34. The first-order chi connectivity index (χ1) is 13.4. The van der Waals surface area contributed by atoms with E-state index < -0.39 is 5.97 Å². The first-order valence-corrected chi connectivity index (χ1v) is 9.57. The average molecular weight is 410 g/mol. The fraction of sp³-hybridized carbons (Fsp3) is 0.0952. The fourth-order valence-corrected chi connectivity index (χ4v) is 3.93. The zero-order valence-corrected chi connectivity index (χ0v) is 16.6. The van der Waals surface area contributed by atoms with Gasteiger partial charge < -0.3 is 14.6 Å². The SMILES string of the molecule is C=CCOc1ccc(/C=C2\SC(=S)N(c3ccc(C)c(C(=O)[O-])c3)C2=O)cc1. The van der Waals surface area contributed by atoms with Crippen LogP contribution < -0.4 is 14.7 Å². The quantitative estimate of drug-likeness (QED) is 0.413. The van der Waals surface area contributed by atoms with Crippen LogP contribution in [-0.4, -0.2) is 22.8 Å². The van der Waals surface area contributed by atoms with Crippen LogP contribution in [0.4, 0.5) is 5.69 Å². The third-order valence-electron chi connectivity index (χ3n) is 4.04. The number of carboxylic acid groups (broad SMARTS) is 1. The van der Waals surface area contributed by atoms with Gasteiger partial charge in [-0.2, -0.15) is 0 Å². The van der Waals surface area contributed by atoms with E-state index in [1.807, 2.05) is 24.3 Å². The lowest BCUT2D eigenvalue weighted by Crippen LogP contribution is -2.29. The summed E-state index contributed by atoms with van der Waals surface area (Å²) < 4.78 is 5.78. The summed E-state index contributed by atoms with van der Waals surface area (Å²) in [5, 5.41) is 11.3. The molecule has 28 heavy (non-hydrogen) atoms. The molecular formula is C21H16NO4S2-. The number of carbonyl (C=O) groups excluding carboxylic acids is 2. The molecule has 0 aliphatic carbocycles. The number of aryl methyl sites for hydroxylation is 1. The van der Waals surface area contributed by atoms with Crippen LogP contribution >= 0.6 is 24.0 Å². The number of aromatic carboxylic acids is 1. The Labute approximate surface area is 172 Å². The van der Waals surface area contributed by atoms with Gasteiger partial charge in [0, 0.05) is 5.56 Å². The summed E-state index contributed by atoms with van der Waals surface area (Å²) >= 11 is 6.51. The van der Waals surface area contributed by atoms with Crippen molar-refractivity contribution in [2.45, 2.75) is 6.92 Å². The highest BCUT2D eigenvalue weighted by Gasteiger charge is 2.33. The lowest BCUT2D eigenvalue weighted by Gasteiger charge is -2.17. The van der Waals surface area contributed by atoms with Crippen LogP contribution in [0, 0.1) is 6.92 Å². The van der Waals surface area contributed by atoms with E-state index in [2.05, 4.69) is 6.58 Å². The number of ether oxygens (including phenoxy) is 1. The zero-order valence-electron chi connectivity index (χ0n) is 15.0. The van der Waals surface area contributed by atoms with E-state index in [1.165, 1.54) is 22.7 Å². The molecule has 142 valence electrons. The Hall–Kier alpha value is -2.90. The minimum atomic E-state index is -1.29. The minimum absolute atomic E-state index is 0.0330. The van der Waals surface area contributed by atoms with Crippen molar-refractivity contribution in [2.24, 2.45) is 0 Å². The number of thioether (sulfide) groups is 1. The third kappa shape index (κ3) is 4.16. The normalized spacial score (nSPS) is 15.2. The first-order valence-electron chi connectivity index (χ1n) is 8.34. The van der Waals surface area contributed by atoms with Gasteiger partial charge in [0.1, 0.15) is 12.4 Å². The summed E-state index contributed by atoms with van der Waals surface area (Å²) in [4.78, 5) is 25.9. The molecule has 1 saturated heterocycles. The predicted octanol–water partition coefficient (Wildman–Crippen LogP) is 3.33. The van der Waals surface area contributed by atoms with Crippen molar-refractivity contribution in [1.82, 2.24) is 0 Å². The second-order valence-electron chi connectivity index (χ2n) is 5.97. The Balaban J connectivity index is 1.85. The maximum atomic E-state index is 12.8. The number of carboxylic acids is 1. The minimum Gasteiger partial charge on any atom is -0.545 e. The van der Waals surface area contributed by atoms with Gasteiger partial charge in [0.05, 0.1) is 16.6 Å². The van der Waals surface area contributed by atoms with Crippen molar-refractivity contribution in [2.75, 3.05) is 11.5 Å². The van der Waals surface area contributed by atoms with Crippen molar-refractivity contribution in [3.8, 4) is 5.75 Å². The molecule has 7 heteroatoms. The number of hydrogen-bond donors (Lipinski definition) is 0. The second-order valence-corrected chi connectivity index (χ2v) is 7.65. The number of anilines is 1. The maximum Gasteiger partial charge on any atom is 0.270 e. The standard InChI is InChI=1S/C21H17NO4S2/c1-3-10-26-16-8-5-14(6-9-16)11-18-19(23)22(21(27)28-18)15-7-4-13(2)17(12-15)20(24)25/h3-9,11-12H,1,10H2,2H3,(H,24,25)/p-1/b18-11-. The van der Waals surface area contributed by atoms with Crippen molar-refractivity contribution >= 4 is 51.9 Å². The molecule has 1 amide bonds. The number of hydrogen-bond acceptors (Lipinski definition) is 6. The van der Waals surface area contributed by atoms with Gasteiger partial charge in [-0.25, -0.2) is 0 Å². The summed E-state index contributed by atoms with van der Waals surface area (Å²) in [6.45, 7) is 5.69. The number of thiocarbonyl (C=S) groups is 1. The van der Waals surface area contributed by atoms with Crippen LogP contribution in [0.5, 0.6) is 5.75 Å². The molecule has 0 atom stereocenters.